The van der Waals surface area contributed by atoms with Gasteiger partial charge in [-0.25, -0.2) is 9.97 Å². The summed E-state index contributed by atoms with van der Waals surface area (Å²) in [5.74, 6) is 0.302. The van der Waals surface area contributed by atoms with Crippen LogP contribution in [0.4, 0.5) is 5.82 Å². The molecule has 0 atom stereocenters. The molecule has 2 N–H and O–H groups in total. The number of nitrogens with zero attached hydrogens (tertiary/aromatic N) is 2. The van der Waals surface area contributed by atoms with E-state index in [0.717, 1.165) is 18.4 Å². The van der Waals surface area contributed by atoms with Crippen molar-refractivity contribution in [2.75, 3.05) is 25.1 Å². The Hall–Kier alpha value is -3.00. The smallest absolute Gasteiger partial charge is 0.270 e. The molecule has 1 aliphatic heterocycles. The standard InChI is InChI=1S/C19H22N4O4/c1-13-3-2-8-20-18(13)23-17(24)12-22-19(25)16-5-4-15(11-21-16)27-14-6-9-26-10-7-14/h2-5,8,11,14H,6-7,9-10,12H2,1H3,(H,22,25)(H,20,23,24). The molecule has 0 unspecified atom stereocenters. The average molecular weight is 370 g/mol. The van der Waals surface area contributed by atoms with E-state index in [9.17, 15) is 9.59 Å². The van der Waals surface area contributed by atoms with Gasteiger partial charge in [-0.3, -0.25) is 9.59 Å². The quantitative estimate of drug-likeness (QED) is 0.803. The number of carbonyl (C=O) groups excluding carboxylic acids is 2. The molecule has 2 amide bonds. The molecule has 27 heavy (non-hydrogen) atoms. The van der Waals surface area contributed by atoms with Gasteiger partial charge in [0.2, 0.25) is 5.91 Å². The summed E-state index contributed by atoms with van der Waals surface area (Å²) in [5, 5.41) is 5.20. The number of anilines is 1. The number of hydrogen-bond donors (Lipinski definition) is 2. The third-order valence-electron chi connectivity index (χ3n) is 4.12. The molecule has 0 bridgehead atoms. The molecule has 0 spiro atoms. The van der Waals surface area contributed by atoms with Crippen LogP contribution in [0.5, 0.6) is 5.75 Å². The second-order valence-corrected chi connectivity index (χ2v) is 6.21. The molecule has 142 valence electrons. The van der Waals surface area contributed by atoms with Crippen molar-refractivity contribution < 1.29 is 19.1 Å². The van der Waals surface area contributed by atoms with Gasteiger partial charge in [0.15, 0.2) is 0 Å². The molecule has 8 nitrogen and oxygen atoms in total. The second kappa shape index (κ2) is 9.09. The van der Waals surface area contributed by atoms with Crippen molar-refractivity contribution in [3.8, 4) is 5.75 Å². The van der Waals surface area contributed by atoms with Gasteiger partial charge >= 0.3 is 0 Å². The van der Waals surface area contributed by atoms with E-state index in [4.69, 9.17) is 9.47 Å². The van der Waals surface area contributed by atoms with E-state index < -0.39 is 5.91 Å². The van der Waals surface area contributed by atoms with Gasteiger partial charge in [-0.05, 0) is 30.7 Å². The molecule has 2 aromatic rings. The predicted molar refractivity (Wildman–Crippen MR) is 98.6 cm³/mol. The third kappa shape index (κ3) is 5.49. The second-order valence-electron chi connectivity index (χ2n) is 6.21. The van der Waals surface area contributed by atoms with Gasteiger partial charge in [-0.2, -0.15) is 0 Å². The van der Waals surface area contributed by atoms with Crippen LogP contribution in [0.3, 0.4) is 0 Å². The van der Waals surface area contributed by atoms with Crippen molar-refractivity contribution in [1.29, 1.82) is 0 Å². The lowest BCUT2D eigenvalue weighted by Gasteiger charge is -2.23. The molecule has 0 aliphatic carbocycles. The van der Waals surface area contributed by atoms with E-state index in [2.05, 4.69) is 20.6 Å². The van der Waals surface area contributed by atoms with Crippen LogP contribution in [0.2, 0.25) is 0 Å². The largest absolute Gasteiger partial charge is 0.489 e. The summed E-state index contributed by atoms with van der Waals surface area (Å²) in [6, 6.07) is 6.91. The van der Waals surface area contributed by atoms with Crippen molar-refractivity contribution in [2.45, 2.75) is 25.9 Å². The Morgan fingerprint density at radius 2 is 2.04 bits per heavy atom. The Bertz CT molecular complexity index is 789. The average Bonchev–Trinajstić information content (AvgIpc) is 2.69. The summed E-state index contributed by atoms with van der Waals surface area (Å²) in [7, 11) is 0. The van der Waals surface area contributed by atoms with E-state index in [-0.39, 0.29) is 24.2 Å². The van der Waals surface area contributed by atoms with Gasteiger partial charge in [0.25, 0.3) is 5.91 Å². The number of aryl methyl sites for hydroxylation is 1. The molecule has 1 aliphatic rings. The molecule has 2 aromatic heterocycles. The highest BCUT2D eigenvalue weighted by molar-refractivity contribution is 5.98. The van der Waals surface area contributed by atoms with Crippen molar-refractivity contribution in [1.82, 2.24) is 15.3 Å². The van der Waals surface area contributed by atoms with Gasteiger partial charge in [-0.15, -0.1) is 0 Å². The maximum absolute atomic E-state index is 12.1. The Morgan fingerprint density at radius 1 is 1.22 bits per heavy atom. The first-order valence-electron chi connectivity index (χ1n) is 8.82. The Morgan fingerprint density at radius 3 is 2.74 bits per heavy atom. The molecule has 3 rings (SSSR count). The predicted octanol–water partition coefficient (Wildman–Crippen LogP) is 1.71. The zero-order chi connectivity index (χ0) is 19.1. The van der Waals surface area contributed by atoms with Crippen LogP contribution in [0.1, 0.15) is 28.9 Å². The van der Waals surface area contributed by atoms with Crippen LogP contribution < -0.4 is 15.4 Å². The maximum Gasteiger partial charge on any atom is 0.270 e. The number of aromatic nitrogens is 2. The summed E-state index contributed by atoms with van der Waals surface area (Å²) >= 11 is 0. The molecule has 1 fully saturated rings. The van der Waals surface area contributed by atoms with Gasteiger partial charge in [0, 0.05) is 19.0 Å². The fourth-order valence-corrected chi connectivity index (χ4v) is 2.61. The lowest BCUT2D eigenvalue weighted by Crippen LogP contribution is -2.33. The van der Waals surface area contributed by atoms with Crippen LogP contribution in [0.15, 0.2) is 36.7 Å². The normalized spacial score (nSPS) is 14.4. The molecule has 0 saturated carbocycles. The van der Waals surface area contributed by atoms with Gasteiger partial charge in [-0.1, -0.05) is 6.07 Å². The minimum atomic E-state index is -0.430. The molecule has 0 aromatic carbocycles. The minimum absolute atomic E-state index is 0.110. The fourth-order valence-electron chi connectivity index (χ4n) is 2.61. The Labute approximate surface area is 157 Å². The Balaban J connectivity index is 1.47. The fraction of sp³-hybridized carbons (Fsp3) is 0.368. The van der Waals surface area contributed by atoms with E-state index in [1.165, 1.54) is 6.20 Å². The summed E-state index contributed by atoms with van der Waals surface area (Å²) in [6.45, 7) is 3.06. The van der Waals surface area contributed by atoms with Crippen molar-refractivity contribution in [3.05, 3.63) is 47.9 Å². The molecule has 0 radical (unpaired) electrons. The Kier molecular flexibility index (Phi) is 6.32. The van der Waals surface area contributed by atoms with Gasteiger partial charge in [0.05, 0.1) is 26.0 Å². The maximum atomic E-state index is 12.1. The first-order valence-corrected chi connectivity index (χ1v) is 8.82. The lowest BCUT2D eigenvalue weighted by molar-refractivity contribution is -0.115. The van der Waals surface area contributed by atoms with Crippen LogP contribution >= 0.6 is 0 Å². The number of carbonyl (C=O) groups is 2. The zero-order valence-corrected chi connectivity index (χ0v) is 15.1. The highest BCUT2D eigenvalue weighted by Crippen LogP contribution is 2.17. The van der Waals surface area contributed by atoms with E-state index in [1.807, 2.05) is 13.0 Å². The van der Waals surface area contributed by atoms with E-state index in [1.54, 1.807) is 24.4 Å². The van der Waals surface area contributed by atoms with Crippen molar-refractivity contribution >= 4 is 17.6 Å². The number of rotatable bonds is 6. The van der Waals surface area contributed by atoms with Crippen LogP contribution in [0.25, 0.3) is 0 Å². The van der Waals surface area contributed by atoms with Crippen LogP contribution in [-0.2, 0) is 9.53 Å². The molecular weight excluding hydrogens is 348 g/mol. The zero-order valence-electron chi connectivity index (χ0n) is 15.1. The van der Waals surface area contributed by atoms with E-state index >= 15 is 0 Å². The summed E-state index contributed by atoms with van der Waals surface area (Å²) < 4.78 is 11.1. The number of ether oxygens (including phenoxy) is 2. The first kappa shape index (κ1) is 18.8. The monoisotopic (exact) mass is 370 g/mol. The van der Waals surface area contributed by atoms with Crippen molar-refractivity contribution in [3.63, 3.8) is 0 Å². The van der Waals surface area contributed by atoms with Crippen LogP contribution in [0, 0.1) is 6.92 Å². The third-order valence-corrected chi connectivity index (χ3v) is 4.12. The molecule has 1 saturated heterocycles. The molecular formula is C19H22N4O4. The summed E-state index contributed by atoms with van der Waals surface area (Å²) in [6.07, 6.45) is 4.90. The highest BCUT2D eigenvalue weighted by Gasteiger charge is 2.16. The van der Waals surface area contributed by atoms with E-state index in [0.29, 0.717) is 24.8 Å². The van der Waals surface area contributed by atoms with Gasteiger partial charge < -0.3 is 20.1 Å². The summed E-state index contributed by atoms with van der Waals surface area (Å²) in [5.41, 5.74) is 1.06. The number of pyridine rings is 2. The first-order chi connectivity index (χ1) is 13.1. The van der Waals surface area contributed by atoms with Crippen LogP contribution in [-0.4, -0.2) is 47.6 Å². The molecule has 3 heterocycles. The summed E-state index contributed by atoms with van der Waals surface area (Å²) in [4.78, 5) is 32.3. The number of nitrogens with one attached hydrogen (secondary N) is 2. The highest BCUT2D eigenvalue weighted by atomic mass is 16.5. The van der Waals surface area contributed by atoms with Crippen molar-refractivity contribution in [2.24, 2.45) is 0 Å². The minimum Gasteiger partial charge on any atom is -0.489 e. The topological polar surface area (TPSA) is 102 Å². The number of amides is 2. The SMILES string of the molecule is Cc1cccnc1NC(=O)CNC(=O)c1ccc(OC2CCOCC2)cn1. The lowest BCUT2D eigenvalue weighted by atomic mass is 10.1. The van der Waals surface area contributed by atoms with Gasteiger partial charge in [0.1, 0.15) is 23.4 Å². The number of hydrogen-bond acceptors (Lipinski definition) is 6. The molecule has 8 heteroatoms.